The lowest BCUT2D eigenvalue weighted by Crippen LogP contribution is -2.12. The number of benzene rings is 1. The number of ether oxygens (including phenoxy) is 1. The number of nitriles is 1. The van der Waals surface area contributed by atoms with Gasteiger partial charge in [-0.05, 0) is 34.2 Å². The molecule has 0 bridgehead atoms. The molecular formula is C11H7F3INO2. The number of rotatable bonds is 2. The molecule has 0 aliphatic heterocycles. The molecule has 0 aliphatic rings. The lowest BCUT2D eigenvalue weighted by molar-refractivity contribution is -0.139. The van der Waals surface area contributed by atoms with Crippen LogP contribution in [0.4, 0.5) is 13.2 Å². The fourth-order valence-electron chi connectivity index (χ4n) is 1.33. The van der Waals surface area contributed by atoms with Crippen molar-refractivity contribution in [3.63, 3.8) is 0 Å². The number of hydrogen-bond acceptors (Lipinski definition) is 3. The predicted octanol–water partition coefficient (Wildman–Crippen LogP) is 2.90. The van der Waals surface area contributed by atoms with Crippen LogP contribution in [0.15, 0.2) is 12.1 Å². The quantitative estimate of drug-likeness (QED) is 0.595. The Morgan fingerprint density at radius 2 is 2.11 bits per heavy atom. The van der Waals surface area contributed by atoms with Crippen LogP contribution in [0.3, 0.4) is 0 Å². The third-order valence-electron chi connectivity index (χ3n) is 2.20. The molecule has 0 amide bonds. The minimum atomic E-state index is -4.59. The van der Waals surface area contributed by atoms with Gasteiger partial charge in [-0.15, -0.1) is 0 Å². The fourth-order valence-corrected chi connectivity index (χ4v) is 2.11. The zero-order valence-corrected chi connectivity index (χ0v) is 11.3. The van der Waals surface area contributed by atoms with Gasteiger partial charge in [0.15, 0.2) is 0 Å². The van der Waals surface area contributed by atoms with Crippen LogP contribution < -0.4 is 0 Å². The van der Waals surface area contributed by atoms with Gasteiger partial charge < -0.3 is 4.74 Å². The van der Waals surface area contributed by atoms with Gasteiger partial charge in [0.25, 0.3) is 0 Å². The first-order valence-electron chi connectivity index (χ1n) is 4.66. The van der Waals surface area contributed by atoms with Gasteiger partial charge in [0.1, 0.15) is 6.07 Å². The Balaban J connectivity index is 3.30. The molecule has 0 radical (unpaired) electrons. The summed E-state index contributed by atoms with van der Waals surface area (Å²) in [6.07, 6.45) is -4.75. The minimum Gasteiger partial charge on any atom is -0.469 e. The van der Waals surface area contributed by atoms with E-state index in [1.807, 2.05) is 0 Å². The van der Waals surface area contributed by atoms with Gasteiger partial charge in [0.2, 0.25) is 0 Å². The summed E-state index contributed by atoms with van der Waals surface area (Å²) >= 11 is 1.63. The van der Waals surface area contributed by atoms with Gasteiger partial charge in [-0.3, -0.25) is 4.79 Å². The molecule has 3 nitrogen and oxygen atoms in total. The van der Waals surface area contributed by atoms with E-state index in [0.29, 0.717) is 5.56 Å². The number of carbonyl (C=O) groups is 1. The van der Waals surface area contributed by atoms with Gasteiger partial charge in [-0.2, -0.15) is 18.4 Å². The molecule has 0 atom stereocenters. The van der Waals surface area contributed by atoms with Crippen molar-refractivity contribution in [2.75, 3.05) is 7.11 Å². The molecule has 0 aromatic heterocycles. The first-order valence-corrected chi connectivity index (χ1v) is 5.74. The number of alkyl halides is 3. The molecular weight excluding hydrogens is 362 g/mol. The standard InChI is InChI=1S/C11H7F3INO2/c1-18-9(17)4-6-2-3-8(11(12,13)14)7(5-16)10(6)15/h2-3H,4H2,1H3. The van der Waals surface area contributed by atoms with Crippen LogP contribution in [-0.4, -0.2) is 13.1 Å². The number of carbonyl (C=O) groups excluding carboxylic acids is 1. The summed E-state index contributed by atoms with van der Waals surface area (Å²) in [5.41, 5.74) is -1.13. The summed E-state index contributed by atoms with van der Waals surface area (Å²) < 4.78 is 42.4. The molecule has 0 saturated carbocycles. The van der Waals surface area contributed by atoms with Crippen molar-refractivity contribution >= 4 is 28.6 Å². The average Bonchev–Trinajstić information content (AvgIpc) is 2.29. The Kier molecular flexibility index (Phi) is 4.56. The number of nitrogens with zero attached hydrogens (tertiary/aromatic N) is 1. The molecule has 1 aromatic carbocycles. The Morgan fingerprint density at radius 1 is 1.50 bits per heavy atom. The molecule has 1 aromatic rings. The molecule has 0 fully saturated rings. The highest BCUT2D eigenvalue weighted by molar-refractivity contribution is 14.1. The Bertz CT molecular complexity index is 520. The third-order valence-corrected chi connectivity index (χ3v) is 3.43. The molecule has 18 heavy (non-hydrogen) atoms. The average molecular weight is 369 g/mol. The first-order chi connectivity index (χ1) is 8.31. The maximum atomic E-state index is 12.6. The largest absolute Gasteiger partial charge is 0.469 e. The Labute approximate surface area is 115 Å². The Morgan fingerprint density at radius 3 is 2.56 bits per heavy atom. The highest BCUT2D eigenvalue weighted by Gasteiger charge is 2.35. The van der Waals surface area contributed by atoms with Gasteiger partial charge in [-0.1, -0.05) is 6.07 Å². The maximum Gasteiger partial charge on any atom is 0.417 e. The minimum absolute atomic E-state index is 0.121. The van der Waals surface area contributed by atoms with Gasteiger partial charge in [0.05, 0.1) is 24.7 Å². The van der Waals surface area contributed by atoms with E-state index in [9.17, 15) is 18.0 Å². The normalized spacial score (nSPS) is 10.9. The van der Waals surface area contributed by atoms with Gasteiger partial charge in [-0.25, -0.2) is 0 Å². The van der Waals surface area contributed by atoms with Crippen LogP contribution in [0.5, 0.6) is 0 Å². The van der Waals surface area contributed by atoms with Crippen molar-refractivity contribution in [3.8, 4) is 6.07 Å². The van der Waals surface area contributed by atoms with Crippen molar-refractivity contribution in [3.05, 3.63) is 32.4 Å². The van der Waals surface area contributed by atoms with E-state index in [4.69, 9.17) is 5.26 Å². The highest BCUT2D eigenvalue weighted by Crippen LogP contribution is 2.34. The second-order valence-electron chi connectivity index (χ2n) is 3.32. The lowest BCUT2D eigenvalue weighted by Gasteiger charge is -2.12. The summed E-state index contributed by atoms with van der Waals surface area (Å²) in [4.78, 5) is 11.1. The van der Waals surface area contributed by atoms with E-state index in [1.165, 1.54) is 19.2 Å². The predicted molar refractivity (Wildman–Crippen MR) is 64.6 cm³/mol. The number of halogens is 4. The lowest BCUT2D eigenvalue weighted by atomic mass is 10.0. The van der Waals surface area contributed by atoms with E-state index < -0.39 is 23.3 Å². The van der Waals surface area contributed by atoms with Gasteiger partial charge >= 0.3 is 12.1 Å². The smallest absolute Gasteiger partial charge is 0.417 e. The molecule has 1 rings (SSSR count). The zero-order chi connectivity index (χ0) is 13.9. The van der Waals surface area contributed by atoms with Crippen molar-refractivity contribution in [2.24, 2.45) is 0 Å². The van der Waals surface area contributed by atoms with Crippen LogP contribution in [0.1, 0.15) is 16.7 Å². The number of methoxy groups -OCH3 is 1. The van der Waals surface area contributed by atoms with Crippen LogP contribution in [0, 0.1) is 14.9 Å². The van der Waals surface area contributed by atoms with Crippen molar-refractivity contribution in [1.82, 2.24) is 0 Å². The monoisotopic (exact) mass is 369 g/mol. The van der Waals surface area contributed by atoms with Crippen LogP contribution >= 0.6 is 22.6 Å². The maximum absolute atomic E-state index is 12.6. The molecule has 0 N–H and O–H groups in total. The van der Waals surface area contributed by atoms with Crippen LogP contribution in [-0.2, 0) is 22.1 Å². The second-order valence-corrected chi connectivity index (χ2v) is 4.40. The summed E-state index contributed by atoms with van der Waals surface area (Å²) in [5.74, 6) is -0.573. The molecule has 0 saturated heterocycles. The summed E-state index contributed by atoms with van der Waals surface area (Å²) in [7, 11) is 1.19. The first kappa shape index (κ1) is 14.8. The van der Waals surface area contributed by atoms with E-state index in [0.717, 1.165) is 6.07 Å². The van der Waals surface area contributed by atoms with Crippen molar-refractivity contribution in [1.29, 1.82) is 5.26 Å². The SMILES string of the molecule is COC(=O)Cc1ccc(C(F)(F)F)c(C#N)c1I. The Hall–Kier alpha value is -1.30. The number of hydrogen-bond donors (Lipinski definition) is 0. The summed E-state index contributed by atoms with van der Waals surface area (Å²) in [5, 5.41) is 8.81. The number of esters is 1. The van der Waals surface area contributed by atoms with Gasteiger partial charge in [0, 0.05) is 3.57 Å². The zero-order valence-electron chi connectivity index (χ0n) is 9.14. The summed E-state index contributed by atoms with van der Waals surface area (Å²) in [6.45, 7) is 0. The van der Waals surface area contributed by atoms with E-state index in [1.54, 1.807) is 22.6 Å². The molecule has 0 heterocycles. The topological polar surface area (TPSA) is 50.1 Å². The highest BCUT2D eigenvalue weighted by atomic mass is 127. The summed E-state index contributed by atoms with van der Waals surface area (Å²) in [6, 6.07) is 3.51. The van der Waals surface area contributed by atoms with Crippen molar-refractivity contribution < 1.29 is 22.7 Å². The molecule has 0 spiro atoms. The molecule has 96 valence electrons. The van der Waals surface area contributed by atoms with Crippen LogP contribution in [0.2, 0.25) is 0 Å². The second kappa shape index (κ2) is 5.56. The fraction of sp³-hybridized carbons (Fsp3) is 0.273. The van der Waals surface area contributed by atoms with E-state index in [-0.39, 0.29) is 9.99 Å². The van der Waals surface area contributed by atoms with Crippen molar-refractivity contribution in [2.45, 2.75) is 12.6 Å². The van der Waals surface area contributed by atoms with E-state index in [2.05, 4.69) is 4.74 Å². The van der Waals surface area contributed by atoms with E-state index >= 15 is 0 Å². The molecule has 0 aliphatic carbocycles. The van der Waals surface area contributed by atoms with Crippen LogP contribution in [0.25, 0.3) is 0 Å². The third kappa shape index (κ3) is 3.13. The molecule has 7 heteroatoms. The molecule has 0 unspecified atom stereocenters.